The summed E-state index contributed by atoms with van der Waals surface area (Å²) in [5.74, 6) is 0.233. The molecule has 1 aromatic rings. The van der Waals surface area contributed by atoms with E-state index in [0.29, 0.717) is 12.5 Å². The SMILES string of the molecule is CS(=O)(=O)CCCN(CCCO)[C@H]1CCc2ccccc21. The fraction of sp³-hybridized carbons (Fsp3) is 0.625. The van der Waals surface area contributed by atoms with Gasteiger partial charge in [0.1, 0.15) is 9.84 Å². The summed E-state index contributed by atoms with van der Waals surface area (Å²) in [5, 5.41) is 9.09. The molecule has 4 nitrogen and oxygen atoms in total. The first-order chi connectivity index (χ1) is 10.0. The molecule has 0 heterocycles. The Hall–Kier alpha value is -0.910. The highest BCUT2D eigenvalue weighted by Crippen LogP contribution is 2.35. The van der Waals surface area contributed by atoms with Gasteiger partial charge in [-0.25, -0.2) is 8.42 Å². The van der Waals surface area contributed by atoms with Gasteiger partial charge in [0.2, 0.25) is 0 Å². The van der Waals surface area contributed by atoms with E-state index in [-0.39, 0.29) is 12.4 Å². The minimum atomic E-state index is -2.90. The molecule has 1 aromatic carbocycles. The Balaban J connectivity index is 2.03. The third kappa shape index (κ3) is 4.80. The zero-order chi connectivity index (χ0) is 15.3. The number of fused-ring (bicyclic) bond motifs is 1. The summed E-state index contributed by atoms with van der Waals surface area (Å²) in [4.78, 5) is 2.34. The van der Waals surface area contributed by atoms with Gasteiger partial charge < -0.3 is 5.11 Å². The number of benzene rings is 1. The monoisotopic (exact) mass is 311 g/mol. The molecule has 0 radical (unpaired) electrons. The van der Waals surface area contributed by atoms with E-state index in [9.17, 15) is 8.42 Å². The molecule has 0 fully saturated rings. The first-order valence-corrected chi connectivity index (χ1v) is 9.68. The molecule has 0 bridgehead atoms. The number of rotatable bonds is 8. The van der Waals surface area contributed by atoms with Crippen LogP contribution in [0.4, 0.5) is 0 Å². The molecule has 1 aliphatic carbocycles. The summed E-state index contributed by atoms with van der Waals surface area (Å²) < 4.78 is 22.6. The van der Waals surface area contributed by atoms with Crippen molar-refractivity contribution in [2.75, 3.05) is 31.7 Å². The van der Waals surface area contributed by atoms with Crippen molar-refractivity contribution in [3.05, 3.63) is 35.4 Å². The smallest absolute Gasteiger partial charge is 0.147 e. The molecule has 0 unspecified atom stereocenters. The molecule has 0 spiro atoms. The molecule has 5 heteroatoms. The molecule has 2 rings (SSSR count). The maximum atomic E-state index is 11.3. The van der Waals surface area contributed by atoms with Crippen LogP contribution >= 0.6 is 0 Å². The van der Waals surface area contributed by atoms with Gasteiger partial charge in [0.25, 0.3) is 0 Å². The van der Waals surface area contributed by atoms with Gasteiger partial charge in [-0.1, -0.05) is 24.3 Å². The van der Waals surface area contributed by atoms with Crippen LogP contribution in [-0.4, -0.2) is 50.1 Å². The van der Waals surface area contributed by atoms with Gasteiger partial charge in [0.05, 0.1) is 5.75 Å². The van der Waals surface area contributed by atoms with Gasteiger partial charge >= 0.3 is 0 Å². The van der Waals surface area contributed by atoms with Gasteiger partial charge in [-0.2, -0.15) is 0 Å². The predicted octanol–water partition coefficient (Wildman–Crippen LogP) is 1.79. The largest absolute Gasteiger partial charge is 0.396 e. The van der Waals surface area contributed by atoms with Crippen molar-refractivity contribution in [1.29, 1.82) is 0 Å². The zero-order valence-corrected chi connectivity index (χ0v) is 13.5. The van der Waals surface area contributed by atoms with Crippen LogP contribution in [-0.2, 0) is 16.3 Å². The summed E-state index contributed by atoms with van der Waals surface area (Å²) in [6, 6.07) is 8.86. The van der Waals surface area contributed by atoms with Crippen molar-refractivity contribution < 1.29 is 13.5 Å². The van der Waals surface area contributed by atoms with E-state index in [1.54, 1.807) is 0 Å². The molecule has 1 N–H and O–H groups in total. The number of nitrogens with zero attached hydrogens (tertiary/aromatic N) is 1. The Bertz CT molecular complexity index is 556. The fourth-order valence-corrected chi connectivity index (χ4v) is 3.79. The Morgan fingerprint density at radius 2 is 1.95 bits per heavy atom. The summed E-state index contributed by atoms with van der Waals surface area (Å²) in [7, 11) is -2.90. The summed E-state index contributed by atoms with van der Waals surface area (Å²) in [6.45, 7) is 1.77. The van der Waals surface area contributed by atoms with Crippen LogP contribution in [0.1, 0.15) is 36.4 Å². The highest BCUT2D eigenvalue weighted by Gasteiger charge is 2.27. The molecule has 1 aliphatic rings. The van der Waals surface area contributed by atoms with E-state index in [4.69, 9.17) is 5.11 Å². The molecule has 0 aromatic heterocycles. The van der Waals surface area contributed by atoms with Crippen LogP contribution in [0.5, 0.6) is 0 Å². The lowest BCUT2D eigenvalue weighted by Gasteiger charge is -2.29. The fourth-order valence-electron chi connectivity index (χ4n) is 3.14. The van der Waals surface area contributed by atoms with Gasteiger partial charge in [0, 0.05) is 25.4 Å². The van der Waals surface area contributed by atoms with Crippen LogP contribution in [0.2, 0.25) is 0 Å². The Morgan fingerprint density at radius 1 is 1.24 bits per heavy atom. The highest BCUT2D eigenvalue weighted by molar-refractivity contribution is 7.90. The Morgan fingerprint density at radius 3 is 2.67 bits per heavy atom. The van der Waals surface area contributed by atoms with E-state index in [0.717, 1.165) is 32.4 Å². The second-order valence-electron chi connectivity index (χ2n) is 5.85. The first-order valence-electron chi connectivity index (χ1n) is 7.61. The minimum absolute atomic E-state index is 0.178. The number of aryl methyl sites for hydroxylation is 1. The number of aliphatic hydroxyl groups excluding tert-OH is 1. The van der Waals surface area contributed by atoms with Crippen molar-refractivity contribution in [2.24, 2.45) is 0 Å². The molecule has 0 amide bonds. The molecule has 118 valence electrons. The van der Waals surface area contributed by atoms with Crippen LogP contribution < -0.4 is 0 Å². The maximum Gasteiger partial charge on any atom is 0.147 e. The molecule has 0 saturated carbocycles. The average Bonchev–Trinajstić information content (AvgIpc) is 2.85. The van der Waals surface area contributed by atoms with Gasteiger partial charge in [-0.3, -0.25) is 4.90 Å². The third-order valence-electron chi connectivity index (χ3n) is 4.11. The molecule has 0 aliphatic heterocycles. The lowest BCUT2D eigenvalue weighted by molar-refractivity contribution is 0.174. The first kappa shape index (κ1) is 16.5. The molecular formula is C16H25NO3S. The normalized spacial score (nSPS) is 18.1. The van der Waals surface area contributed by atoms with Crippen LogP contribution in [0, 0.1) is 0 Å². The summed E-state index contributed by atoms with van der Waals surface area (Å²) >= 11 is 0. The maximum absolute atomic E-state index is 11.3. The number of hydrogen-bond acceptors (Lipinski definition) is 4. The molecule has 1 atom stereocenters. The van der Waals surface area contributed by atoms with Gasteiger partial charge in [0.15, 0.2) is 0 Å². The predicted molar refractivity (Wildman–Crippen MR) is 85.1 cm³/mol. The van der Waals surface area contributed by atoms with Gasteiger partial charge in [-0.05, 0) is 43.4 Å². The van der Waals surface area contributed by atoms with Crippen molar-refractivity contribution in [2.45, 2.75) is 31.7 Å². The van der Waals surface area contributed by atoms with E-state index in [1.165, 1.54) is 17.4 Å². The Labute approximate surface area is 127 Å². The topological polar surface area (TPSA) is 57.6 Å². The van der Waals surface area contributed by atoms with E-state index in [1.807, 2.05) is 0 Å². The number of aliphatic hydroxyl groups is 1. The molecule has 21 heavy (non-hydrogen) atoms. The third-order valence-corrected chi connectivity index (χ3v) is 5.14. The second kappa shape index (κ2) is 7.38. The zero-order valence-electron chi connectivity index (χ0n) is 12.7. The lowest BCUT2D eigenvalue weighted by Crippen LogP contribution is -2.31. The Kier molecular flexibility index (Phi) is 5.79. The quantitative estimate of drug-likeness (QED) is 0.795. The van der Waals surface area contributed by atoms with Crippen molar-refractivity contribution in [3.63, 3.8) is 0 Å². The minimum Gasteiger partial charge on any atom is -0.396 e. The number of sulfone groups is 1. The lowest BCUT2D eigenvalue weighted by atomic mass is 10.1. The second-order valence-corrected chi connectivity index (χ2v) is 8.11. The summed E-state index contributed by atoms with van der Waals surface area (Å²) in [5.41, 5.74) is 2.77. The van der Waals surface area contributed by atoms with Crippen LogP contribution in [0.15, 0.2) is 24.3 Å². The summed E-state index contributed by atoms with van der Waals surface area (Å²) in [6.07, 6.45) is 4.85. The van der Waals surface area contributed by atoms with E-state index in [2.05, 4.69) is 29.2 Å². The molecular weight excluding hydrogens is 286 g/mol. The van der Waals surface area contributed by atoms with Gasteiger partial charge in [-0.15, -0.1) is 0 Å². The number of hydrogen-bond donors (Lipinski definition) is 1. The van der Waals surface area contributed by atoms with Crippen molar-refractivity contribution >= 4 is 9.84 Å². The average molecular weight is 311 g/mol. The van der Waals surface area contributed by atoms with Crippen LogP contribution in [0.25, 0.3) is 0 Å². The highest BCUT2D eigenvalue weighted by atomic mass is 32.2. The van der Waals surface area contributed by atoms with Crippen molar-refractivity contribution in [1.82, 2.24) is 4.90 Å². The van der Waals surface area contributed by atoms with E-state index < -0.39 is 9.84 Å². The molecule has 0 saturated heterocycles. The standard InChI is InChI=1S/C16H25NO3S/c1-21(19,20)13-5-11-17(10-4-12-18)16-9-8-14-6-2-3-7-15(14)16/h2-3,6-7,16,18H,4-5,8-13H2,1H3/t16-/m0/s1. The van der Waals surface area contributed by atoms with Crippen LogP contribution in [0.3, 0.4) is 0 Å². The van der Waals surface area contributed by atoms with E-state index >= 15 is 0 Å². The van der Waals surface area contributed by atoms with Crippen molar-refractivity contribution in [3.8, 4) is 0 Å².